The number of aliphatic hydroxyl groups excluding tert-OH is 1. The highest BCUT2D eigenvalue weighted by Gasteiger charge is 2.22. The minimum atomic E-state index is -0.215. The molecule has 0 amide bonds. The molecule has 2 atom stereocenters. The van der Waals surface area contributed by atoms with Gasteiger partial charge in [-0.05, 0) is 43.5 Å². The Balaban J connectivity index is 2.07. The largest absolute Gasteiger partial charge is 0.392 e. The van der Waals surface area contributed by atoms with Gasteiger partial charge in [0.05, 0.1) is 6.10 Å². The maximum absolute atomic E-state index is 9.60. The second-order valence-corrected chi connectivity index (χ2v) is 4.80. The minimum Gasteiger partial charge on any atom is -0.392 e. The number of hydrogen-bond donors (Lipinski definition) is 1. The van der Waals surface area contributed by atoms with Crippen molar-refractivity contribution in [2.24, 2.45) is 5.92 Å². The molecule has 0 spiro atoms. The smallest absolute Gasteiger partial charge is 0.0677 e. The van der Waals surface area contributed by atoms with Crippen molar-refractivity contribution in [1.29, 1.82) is 0 Å². The van der Waals surface area contributed by atoms with Gasteiger partial charge < -0.3 is 5.11 Å². The predicted octanol–water partition coefficient (Wildman–Crippen LogP) is 2.96. The van der Waals surface area contributed by atoms with Crippen molar-refractivity contribution < 1.29 is 5.11 Å². The van der Waals surface area contributed by atoms with Crippen LogP contribution in [0.5, 0.6) is 0 Å². The number of benzene rings is 1. The van der Waals surface area contributed by atoms with Gasteiger partial charge in [-0.25, -0.2) is 0 Å². The van der Waals surface area contributed by atoms with Crippen LogP contribution in [0.25, 0.3) is 0 Å². The monoisotopic (exact) mass is 264 g/mol. The van der Waals surface area contributed by atoms with E-state index in [4.69, 9.17) is 0 Å². The molecule has 0 radical (unpaired) electrons. The van der Waals surface area contributed by atoms with E-state index < -0.39 is 0 Å². The zero-order valence-corrected chi connectivity index (χ0v) is 10.00. The summed E-state index contributed by atoms with van der Waals surface area (Å²) < 4.78 is 1.06. The molecule has 78 valence electrons. The van der Waals surface area contributed by atoms with Crippen molar-refractivity contribution in [3.05, 3.63) is 34.3 Å². The molecule has 2 heteroatoms. The Morgan fingerprint density at radius 1 is 1.20 bits per heavy atom. The lowest BCUT2D eigenvalue weighted by Gasteiger charge is -2.04. The molecule has 1 aliphatic carbocycles. The third-order valence-corrected chi connectivity index (χ3v) is 3.25. The summed E-state index contributed by atoms with van der Waals surface area (Å²) >= 11 is 3.38. The lowest BCUT2D eigenvalue weighted by atomic mass is 10.1. The van der Waals surface area contributed by atoms with Gasteiger partial charge in [0, 0.05) is 16.0 Å². The summed E-state index contributed by atoms with van der Waals surface area (Å²) in [6, 6.07) is 7.93. The molecule has 15 heavy (non-hydrogen) atoms. The average Bonchev–Trinajstić information content (AvgIpc) is 2.63. The summed E-state index contributed by atoms with van der Waals surface area (Å²) in [5.41, 5.74) is 1.01. The molecule has 1 saturated carbocycles. The summed E-state index contributed by atoms with van der Waals surface area (Å²) in [7, 11) is 0. The molecule has 1 N–H and O–H groups in total. The van der Waals surface area contributed by atoms with Crippen LogP contribution >= 0.6 is 15.9 Å². The normalized spacial score (nSPS) is 24.7. The fourth-order valence-corrected chi connectivity index (χ4v) is 2.08. The van der Waals surface area contributed by atoms with Gasteiger partial charge in [-0.3, -0.25) is 0 Å². The maximum atomic E-state index is 9.60. The van der Waals surface area contributed by atoms with Crippen molar-refractivity contribution in [1.82, 2.24) is 0 Å². The zero-order chi connectivity index (χ0) is 10.7. The first kappa shape index (κ1) is 10.7. The Labute approximate surface area is 98.6 Å². The summed E-state index contributed by atoms with van der Waals surface area (Å²) in [5, 5.41) is 9.60. The van der Waals surface area contributed by atoms with E-state index in [2.05, 4.69) is 27.8 Å². The lowest BCUT2D eigenvalue weighted by molar-refractivity contribution is 0.157. The van der Waals surface area contributed by atoms with E-state index in [0.717, 1.165) is 29.3 Å². The van der Waals surface area contributed by atoms with Crippen LogP contribution < -0.4 is 0 Å². The number of rotatable bonds is 0. The van der Waals surface area contributed by atoms with Gasteiger partial charge in [-0.2, -0.15) is 0 Å². The summed E-state index contributed by atoms with van der Waals surface area (Å²) in [6.45, 7) is 0. The van der Waals surface area contributed by atoms with E-state index in [1.807, 2.05) is 24.3 Å². The second kappa shape index (κ2) is 4.83. The van der Waals surface area contributed by atoms with E-state index in [9.17, 15) is 5.11 Å². The van der Waals surface area contributed by atoms with Crippen molar-refractivity contribution in [3.8, 4) is 11.8 Å². The first-order valence-corrected chi connectivity index (χ1v) is 6.00. The molecule has 1 nitrogen and oxygen atoms in total. The van der Waals surface area contributed by atoms with Crippen molar-refractivity contribution in [2.75, 3.05) is 0 Å². The molecule has 0 aliphatic heterocycles. The van der Waals surface area contributed by atoms with Crippen molar-refractivity contribution in [3.63, 3.8) is 0 Å². The predicted molar refractivity (Wildman–Crippen MR) is 64.4 cm³/mol. The quantitative estimate of drug-likeness (QED) is 0.715. The Morgan fingerprint density at radius 3 is 2.53 bits per heavy atom. The molecule has 0 bridgehead atoms. The van der Waals surface area contributed by atoms with Crippen LogP contribution in [0.2, 0.25) is 0 Å². The summed E-state index contributed by atoms with van der Waals surface area (Å²) in [4.78, 5) is 0. The van der Waals surface area contributed by atoms with Gasteiger partial charge in [0.15, 0.2) is 0 Å². The number of hydrogen-bond acceptors (Lipinski definition) is 1. The summed E-state index contributed by atoms with van der Waals surface area (Å²) in [6.07, 6.45) is 2.82. The summed E-state index contributed by atoms with van der Waals surface area (Å²) in [5.74, 6) is 6.44. The van der Waals surface area contributed by atoms with Crippen LogP contribution in [0.4, 0.5) is 0 Å². The second-order valence-electron chi connectivity index (χ2n) is 3.88. The Kier molecular flexibility index (Phi) is 3.45. The Hall–Kier alpha value is -0.780. The highest BCUT2D eigenvalue weighted by atomic mass is 79.9. The maximum Gasteiger partial charge on any atom is 0.0677 e. The van der Waals surface area contributed by atoms with Crippen LogP contribution in [0.1, 0.15) is 24.8 Å². The van der Waals surface area contributed by atoms with Gasteiger partial charge in [0.2, 0.25) is 0 Å². The first-order valence-electron chi connectivity index (χ1n) is 5.21. The highest BCUT2D eigenvalue weighted by Crippen LogP contribution is 2.24. The molecule has 0 unspecified atom stereocenters. The third kappa shape index (κ3) is 2.84. The van der Waals surface area contributed by atoms with Gasteiger partial charge in [0.25, 0.3) is 0 Å². The number of halogens is 1. The lowest BCUT2D eigenvalue weighted by Crippen LogP contribution is -2.10. The van der Waals surface area contributed by atoms with E-state index in [-0.39, 0.29) is 12.0 Å². The van der Waals surface area contributed by atoms with E-state index in [1.165, 1.54) is 0 Å². The SMILES string of the molecule is O[C@@H]1CCC[C@H]1C#Cc1ccc(Br)cc1. The Morgan fingerprint density at radius 2 is 1.93 bits per heavy atom. The molecular formula is C13H13BrO. The molecule has 2 rings (SSSR count). The van der Waals surface area contributed by atoms with E-state index >= 15 is 0 Å². The first-order chi connectivity index (χ1) is 7.25. The van der Waals surface area contributed by atoms with Crippen molar-refractivity contribution >= 4 is 15.9 Å². The molecule has 1 fully saturated rings. The zero-order valence-electron chi connectivity index (χ0n) is 8.41. The van der Waals surface area contributed by atoms with Crippen LogP contribution in [0, 0.1) is 17.8 Å². The molecule has 0 heterocycles. The van der Waals surface area contributed by atoms with E-state index in [1.54, 1.807) is 0 Å². The topological polar surface area (TPSA) is 20.2 Å². The molecule has 1 aromatic rings. The van der Waals surface area contributed by atoms with Crippen LogP contribution in [-0.4, -0.2) is 11.2 Å². The fraction of sp³-hybridized carbons (Fsp3) is 0.385. The van der Waals surface area contributed by atoms with Gasteiger partial charge >= 0.3 is 0 Å². The standard InChI is InChI=1S/C13H13BrO/c14-12-8-5-10(6-9-12)4-7-11-2-1-3-13(11)15/h5-6,8-9,11,13,15H,1-3H2/t11-,13+/m0/s1. The third-order valence-electron chi connectivity index (χ3n) is 2.73. The fourth-order valence-electron chi connectivity index (χ4n) is 1.82. The van der Waals surface area contributed by atoms with Crippen LogP contribution in [0.3, 0.4) is 0 Å². The van der Waals surface area contributed by atoms with Crippen LogP contribution in [0.15, 0.2) is 28.7 Å². The minimum absolute atomic E-state index is 0.175. The molecule has 1 aliphatic rings. The molecular weight excluding hydrogens is 252 g/mol. The number of aliphatic hydroxyl groups is 1. The Bertz CT molecular complexity index is 385. The average molecular weight is 265 g/mol. The van der Waals surface area contributed by atoms with Crippen molar-refractivity contribution in [2.45, 2.75) is 25.4 Å². The highest BCUT2D eigenvalue weighted by molar-refractivity contribution is 9.10. The van der Waals surface area contributed by atoms with Crippen LogP contribution in [-0.2, 0) is 0 Å². The molecule has 0 aromatic heterocycles. The molecule has 1 aromatic carbocycles. The molecule has 0 saturated heterocycles. The van der Waals surface area contributed by atoms with Gasteiger partial charge in [-0.15, -0.1) is 0 Å². The van der Waals surface area contributed by atoms with Gasteiger partial charge in [-0.1, -0.05) is 27.8 Å². The van der Waals surface area contributed by atoms with Gasteiger partial charge in [0.1, 0.15) is 0 Å². The van der Waals surface area contributed by atoms with E-state index in [0.29, 0.717) is 0 Å².